The Balaban J connectivity index is 1.37. The summed E-state index contributed by atoms with van der Waals surface area (Å²) in [5.74, 6) is -5.45. The molecule has 0 spiro atoms. The number of hydrogen-bond acceptors (Lipinski definition) is 21. The minimum absolute atomic E-state index is 0.00743. The Morgan fingerprint density at radius 3 is 2.05 bits per heavy atom. The summed E-state index contributed by atoms with van der Waals surface area (Å²) in [6.07, 6.45) is -8.27. The first-order valence-electron chi connectivity index (χ1n) is 27.9. The molecule has 0 saturated carbocycles. The van der Waals surface area contributed by atoms with E-state index < -0.39 is 152 Å². The number of methoxy groups -OCH3 is 4. The van der Waals surface area contributed by atoms with Crippen molar-refractivity contribution >= 4 is 5.97 Å². The summed E-state index contributed by atoms with van der Waals surface area (Å²) in [5.41, 5.74) is 0.977. The second kappa shape index (κ2) is 29.8. The molecule has 5 aliphatic heterocycles. The molecule has 25 atom stereocenters. The van der Waals surface area contributed by atoms with Crippen molar-refractivity contribution in [3.05, 3.63) is 58.7 Å². The molecule has 4 fully saturated rings. The van der Waals surface area contributed by atoms with Crippen LogP contribution < -0.4 is 0 Å². The molecule has 0 aromatic carbocycles. The van der Waals surface area contributed by atoms with Gasteiger partial charge in [-0.25, -0.2) is 4.79 Å². The highest BCUT2D eigenvalue weighted by Crippen LogP contribution is 2.43. The Hall–Kier alpha value is -2.59. The molecule has 8 N–H and O–H groups in total. The van der Waals surface area contributed by atoms with Crippen LogP contribution in [0.15, 0.2) is 58.7 Å². The van der Waals surface area contributed by atoms with Gasteiger partial charge in [0.1, 0.15) is 42.7 Å². The Bertz CT molecular complexity index is 2080. The number of carbonyl (C=O) groups is 1. The molecule has 0 radical (unpaired) electrons. The molecule has 5 heterocycles. The fraction of sp³-hybridized carbons (Fsp3) is 0.810. The van der Waals surface area contributed by atoms with E-state index in [1.807, 2.05) is 51.2 Å². The Morgan fingerprint density at radius 2 is 1.42 bits per heavy atom. The topological polar surface area (TPSA) is 290 Å². The smallest absolute Gasteiger partial charge is 0.334 e. The van der Waals surface area contributed by atoms with E-state index in [0.717, 1.165) is 11.1 Å². The number of rotatable bonds is 15. The van der Waals surface area contributed by atoms with Gasteiger partial charge in [0, 0.05) is 77.4 Å². The first-order valence-corrected chi connectivity index (χ1v) is 27.9. The first-order chi connectivity index (χ1) is 37.1. The number of allylic oxidation sites excluding steroid dienone is 7. The molecular weight excluding hydrogens is 1030 g/mol. The van der Waals surface area contributed by atoms with Crippen LogP contribution in [-0.2, 0) is 61.6 Å². The standard InChI is InChI=1S/C58H96O21/c1-29-17-16-18-40(59)43(69-13)25-45(76-55(65)33(5)23-31(3)21-30(2)22-32(4)41(20-19-29)77-56-51(63)50(62)52(71-15)37(9)74-56)53(64)58(67)35(7)48(60)34(6)42(79-58)24-39(28-68-12)75-47-27-57(11,66)54(38(10)73-47)78-46-26-44(70-14)49(61)36(8)72-46/h17,19-23,32,34-54,56,59-64,66-67H,16,18,24-28H2,1-15H3/b20-19+,29-17+,30-22+,31-21+,33-23+/t32-,34+,35-,36-,37+,38+,39-,40+,41-,42?,43+,44-,45?,46+,47+,48+,49-,50+,51+,52+,53-,54+,56+,57+,58-/m1/s1. The Labute approximate surface area is 467 Å². The molecule has 0 bridgehead atoms. The molecule has 454 valence electrons. The highest BCUT2D eigenvalue weighted by Gasteiger charge is 2.57. The minimum atomic E-state index is -2.54. The van der Waals surface area contributed by atoms with E-state index in [9.17, 15) is 45.6 Å². The second-order valence-corrected chi connectivity index (χ2v) is 23.0. The van der Waals surface area contributed by atoms with E-state index in [1.165, 1.54) is 35.4 Å². The summed E-state index contributed by atoms with van der Waals surface area (Å²) < 4.78 is 72.0. The van der Waals surface area contributed by atoms with E-state index in [1.54, 1.807) is 54.5 Å². The number of aliphatic hydroxyl groups is 8. The zero-order valence-electron chi connectivity index (χ0n) is 49.1. The van der Waals surface area contributed by atoms with E-state index >= 15 is 0 Å². The molecule has 0 aliphatic carbocycles. The lowest BCUT2D eigenvalue weighted by Crippen LogP contribution is -2.66. The number of cyclic esters (lactones) is 1. The van der Waals surface area contributed by atoms with Crippen LogP contribution in [0.3, 0.4) is 0 Å². The second-order valence-electron chi connectivity index (χ2n) is 23.0. The van der Waals surface area contributed by atoms with Crippen molar-refractivity contribution in [3.8, 4) is 0 Å². The number of esters is 1. The van der Waals surface area contributed by atoms with Crippen LogP contribution in [0.1, 0.15) is 115 Å². The van der Waals surface area contributed by atoms with Gasteiger partial charge in [0.05, 0.1) is 73.2 Å². The van der Waals surface area contributed by atoms with Gasteiger partial charge in [0.15, 0.2) is 18.9 Å². The number of aliphatic hydroxyl groups excluding tert-OH is 6. The van der Waals surface area contributed by atoms with Gasteiger partial charge >= 0.3 is 5.97 Å². The largest absolute Gasteiger partial charge is 0.456 e. The van der Waals surface area contributed by atoms with E-state index in [-0.39, 0.29) is 50.2 Å². The van der Waals surface area contributed by atoms with Crippen LogP contribution in [0.25, 0.3) is 0 Å². The van der Waals surface area contributed by atoms with Gasteiger partial charge in [0.25, 0.3) is 0 Å². The average Bonchev–Trinajstić information content (AvgIpc) is 3.46. The van der Waals surface area contributed by atoms with E-state index in [2.05, 4.69) is 0 Å². The monoisotopic (exact) mass is 1130 g/mol. The maximum Gasteiger partial charge on any atom is 0.334 e. The third-order valence-electron chi connectivity index (χ3n) is 16.4. The molecule has 0 aromatic heterocycles. The summed E-state index contributed by atoms with van der Waals surface area (Å²) in [6.45, 7) is 19.1. The molecule has 79 heavy (non-hydrogen) atoms. The molecule has 21 nitrogen and oxygen atoms in total. The van der Waals surface area contributed by atoms with Crippen molar-refractivity contribution < 1.29 is 102 Å². The summed E-state index contributed by atoms with van der Waals surface area (Å²) in [4.78, 5) is 14.1. The maximum atomic E-state index is 14.1. The van der Waals surface area contributed by atoms with Gasteiger partial charge in [-0.1, -0.05) is 67.9 Å². The third-order valence-corrected chi connectivity index (χ3v) is 16.4. The molecule has 4 saturated heterocycles. The summed E-state index contributed by atoms with van der Waals surface area (Å²) in [7, 11) is 5.80. The van der Waals surface area contributed by atoms with Crippen molar-refractivity contribution in [2.24, 2.45) is 17.8 Å². The van der Waals surface area contributed by atoms with Crippen molar-refractivity contribution in [2.45, 2.75) is 249 Å². The van der Waals surface area contributed by atoms with Crippen molar-refractivity contribution in [1.29, 1.82) is 0 Å². The number of hydrogen-bond donors (Lipinski definition) is 8. The van der Waals surface area contributed by atoms with Crippen LogP contribution in [0.4, 0.5) is 0 Å². The molecule has 2 unspecified atom stereocenters. The maximum absolute atomic E-state index is 14.1. The minimum Gasteiger partial charge on any atom is -0.456 e. The predicted octanol–water partition coefficient (Wildman–Crippen LogP) is 3.59. The lowest BCUT2D eigenvalue weighted by atomic mass is 9.76. The van der Waals surface area contributed by atoms with Gasteiger partial charge in [-0.15, -0.1) is 0 Å². The SMILES string of the molecule is COC[C@@H](CC1O[C@@](O)([C@H](O)C2C[C@H](OC)[C@@H](O)CC/C=C(C)/C=C/[C@@H](O[C@@H]3O[C@@H](C)[C@H](OC)[C@@H](O)[C@@H]3O)[C@H](C)/C=C(C)/C=C(C)/C=C(\C)C(=O)O2)[C@H](C)[C@@H](O)[C@H]1C)O[C@H]1C[C@](C)(O)[C@@H](O[C@H]2C[C@@H](OC)[C@H](O)[C@@H](C)O2)[C@H](C)O1. The third kappa shape index (κ3) is 17.3. The van der Waals surface area contributed by atoms with Crippen molar-refractivity contribution in [1.82, 2.24) is 0 Å². The zero-order valence-corrected chi connectivity index (χ0v) is 49.1. The molecule has 5 rings (SSSR count). The molecule has 0 amide bonds. The summed E-state index contributed by atoms with van der Waals surface area (Å²) >= 11 is 0. The highest BCUT2D eigenvalue weighted by molar-refractivity contribution is 5.88. The van der Waals surface area contributed by atoms with Crippen LogP contribution >= 0.6 is 0 Å². The van der Waals surface area contributed by atoms with Crippen molar-refractivity contribution in [3.63, 3.8) is 0 Å². The van der Waals surface area contributed by atoms with Crippen molar-refractivity contribution in [2.75, 3.05) is 35.0 Å². The zero-order chi connectivity index (χ0) is 58.8. The molecular formula is C58H96O21. The Kier molecular flexibility index (Phi) is 25.3. The van der Waals surface area contributed by atoms with E-state index in [0.29, 0.717) is 12.0 Å². The van der Waals surface area contributed by atoms with Crippen LogP contribution in [-0.4, -0.2) is 216 Å². The van der Waals surface area contributed by atoms with Gasteiger partial charge < -0.3 is 97.7 Å². The Morgan fingerprint density at radius 1 is 0.747 bits per heavy atom. The van der Waals surface area contributed by atoms with Gasteiger partial charge in [-0.05, 0) is 74.3 Å². The molecule has 0 aromatic rings. The molecule has 21 heteroatoms. The average molecular weight is 1130 g/mol. The predicted molar refractivity (Wildman–Crippen MR) is 288 cm³/mol. The van der Waals surface area contributed by atoms with Crippen LogP contribution in [0.5, 0.6) is 0 Å². The fourth-order valence-electron chi connectivity index (χ4n) is 11.6. The summed E-state index contributed by atoms with van der Waals surface area (Å²) in [5, 5.41) is 92.6. The first kappa shape index (κ1) is 67.2. The normalized spacial score (nSPS) is 46.7. The van der Waals surface area contributed by atoms with E-state index in [4.69, 9.17) is 56.8 Å². The highest BCUT2D eigenvalue weighted by atomic mass is 16.7. The van der Waals surface area contributed by atoms with Gasteiger partial charge in [0.2, 0.25) is 5.79 Å². The quantitative estimate of drug-likeness (QED) is 0.109. The fourth-order valence-corrected chi connectivity index (χ4v) is 11.6. The van der Waals surface area contributed by atoms with Gasteiger partial charge in [-0.2, -0.15) is 0 Å². The van der Waals surface area contributed by atoms with Crippen LogP contribution in [0, 0.1) is 17.8 Å². The van der Waals surface area contributed by atoms with Crippen LogP contribution in [0.2, 0.25) is 0 Å². The summed E-state index contributed by atoms with van der Waals surface area (Å²) in [6, 6.07) is 0. The number of carbonyl (C=O) groups excluding carboxylic acids is 1. The lowest BCUT2D eigenvalue weighted by molar-refractivity contribution is -0.366. The molecule has 5 aliphatic rings. The number of ether oxygens (including phenoxy) is 12. The van der Waals surface area contributed by atoms with Gasteiger partial charge in [-0.3, -0.25) is 0 Å². The lowest BCUT2D eigenvalue weighted by Gasteiger charge is -2.51.